The lowest BCUT2D eigenvalue weighted by Crippen LogP contribution is -2.10. The molecule has 0 radical (unpaired) electrons. The van der Waals surface area contributed by atoms with Crippen molar-refractivity contribution in [2.24, 2.45) is 4.99 Å². The van der Waals surface area contributed by atoms with Gasteiger partial charge in [-0.3, -0.25) is 0 Å². The van der Waals surface area contributed by atoms with Gasteiger partial charge in [0.05, 0.1) is 11.9 Å². The van der Waals surface area contributed by atoms with Gasteiger partial charge in [0.2, 0.25) is 12.7 Å². The predicted octanol–water partition coefficient (Wildman–Crippen LogP) is 5.51. The molecule has 0 spiro atoms. The number of benzene rings is 3. The van der Waals surface area contributed by atoms with E-state index >= 15 is 0 Å². The van der Waals surface area contributed by atoms with Crippen LogP contribution in [0, 0.1) is 0 Å². The van der Waals surface area contributed by atoms with Crippen LogP contribution in [0.1, 0.15) is 6.92 Å². The molecule has 0 fully saturated rings. The van der Waals surface area contributed by atoms with Crippen LogP contribution in [0.4, 0.5) is 5.69 Å². The molecule has 0 atom stereocenters. The number of ether oxygens (including phenoxy) is 4. The molecule has 0 aliphatic carbocycles. The molecule has 0 amide bonds. The van der Waals surface area contributed by atoms with Gasteiger partial charge in [0.15, 0.2) is 11.5 Å². The summed E-state index contributed by atoms with van der Waals surface area (Å²) in [5.41, 5.74) is 1.54. The zero-order valence-electron chi connectivity index (χ0n) is 15.4. The molecule has 0 bridgehead atoms. The topological polar surface area (TPSA) is 49.3 Å². The summed E-state index contributed by atoms with van der Waals surface area (Å²) in [6.07, 6.45) is 1.61. The molecule has 1 aliphatic rings. The fraction of sp³-hybridized carbons (Fsp3) is 0.0870. The van der Waals surface area contributed by atoms with Crippen LogP contribution in [0.2, 0.25) is 0 Å². The monoisotopic (exact) mass is 373 g/mol. The Hall–Kier alpha value is -3.73. The van der Waals surface area contributed by atoms with Crippen LogP contribution in [-0.4, -0.2) is 12.7 Å². The van der Waals surface area contributed by atoms with E-state index < -0.39 is 0 Å². The number of hydrogen-bond acceptors (Lipinski definition) is 5. The van der Waals surface area contributed by atoms with E-state index in [-0.39, 0.29) is 6.79 Å². The highest BCUT2D eigenvalue weighted by atomic mass is 16.7. The normalized spacial score (nSPS) is 13.3. The van der Waals surface area contributed by atoms with Crippen LogP contribution in [0.25, 0.3) is 0 Å². The second kappa shape index (κ2) is 8.31. The number of nitrogens with zero attached hydrogens (tertiary/aromatic N) is 1. The van der Waals surface area contributed by atoms with Crippen molar-refractivity contribution in [1.82, 2.24) is 0 Å². The Kier molecular flexibility index (Phi) is 5.24. The maximum Gasteiger partial charge on any atom is 0.231 e. The number of fused-ring (bicyclic) bond motifs is 1. The molecular formula is C23H19NO4. The van der Waals surface area contributed by atoms with E-state index in [1.165, 1.54) is 0 Å². The third kappa shape index (κ3) is 4.32. The van der Waals surface area contributed by atoms with Crippen LogP contribution in [0.5, 0.6) is 23.0 Å². The lowest BCUT2D eigenvalue weighted by molar-refractivity contribution is 0.174. The molecule has 0 saturated carbocycles. The molecule has 5 heteroatoms. The van der Waals surface area contributed by atoms with Gasteiger partial charge in [-0.05, 0) is 43.3 Å². The Bertz CT molecular complexity index is 998. The SMILES string of the molecule is CC(=COc1ccc2c(c1)OCO2)C(=Nc1ccccc1)Oc1ccccc1. The molecule has 0 saturated heterocycles. The summed E-state index contributed by atoms with van der Waals surface area (Å²) in [4.78, 5) is 4.63. The fourth-order valence-corrected chi connectivity index (χ4v) is 2.57. The third-order valence-electron chi connectivity index (χ3n) is 4.00. The first kappa shape index (κ1) is 17.7. The van der Waals surface area contributed by atoms with E-state index in [2.05, 4.69) is 4.99 Å². The maximum atomic E-state index is 6.00. The highest BCUT2D eigenvalue weighted by molar-refractivity contribution is 5.96. The van der Waals surface area contributed by atoms with Gasteiger partial charge in [0.1, 0.15) is 11.5 Å². The van der Waals surface area contributed by atoms with E-state index in [0.29, 0.717) is 28.9 Å². The molecule has 1 aliphatic heterocycles. The summed E-state index contributed by atoms with van der Waals surface area (Å²) in [7, 11) is 0. The summed E-state index contributed by atoms with van der Waals surface area (Å²) in [5, 5.41) is 0. The van der Waals surface area contributed by atoms with Crippen molar-refractivity contribution in [1.29, 1.82) is 0 Å². The summed E-state index contributed by atoms with van der Waals surface area (Å²) >= 11 is 0. The fourth-order valence-electron chi connectivity index (χ4n) is 2.57. The van der Waals surface area contributed by atoms with Gasteiger partial charge in [-0.15, -0.1) is 0 Å². The smallest absolute Gasteiger partial charge is 0.231 e. The van der Waals surface area contributed by atoms with E-state index in [9.17, 15) is 0 Å². The van der Waals surface area contributed by atoms with Crippen molar-refractivity contribution in [2.75, 3.05) is 6.79 Å². The van der Waals surface area contributed by atoms with Crippen molar-refractivity contribution in [3.63, 3.8) is 0 Å². The van der Waals surface area contributed by atoms with Crippen LogP contribution in [0.15, 0.2) is 95.7 Å². The van der Waals surface area contributed by atoms with Crippen molar-refractivity contribution in [3.8, 4) is 23.0 Å². The molecule has 0 N–H and O–H groups in total. The van der Waals surface area contributed by atoms with Gasteiger partial charge < -0.3 is 18.9 Å². The average Bonchev–Trinajstić information content (AvgIpc) is 3.21. The molecule has 4 rings (SSSR count). The van der Waals surface area contributed by atoms with Crippen LogP contribution >= 0.6 is 0 Å². The molecule has 3 aromatic carbocycles. The molecule has 0 unspecified atom stereocenters. The molecule has 3 aromatic rings. The van der Waals surface area contributed by atoms with Crippen LogP contribution in [0.3, 0.4) is 0 Å². The lowest BCUT2D eigenvalue weighted by Gasteiger charge is -2.10. The standard InChI is InChI=1S/C23H19NO4/c1-17(15-25-20-12-13-21-22(14-20)27-16-26-21)23(24-18-8-4-2-5-9-18)28-19-10-6-3-7-11-19/h2-15H,16H2,1H3. The van der Waals surface area contributed by atoms with Gasteiger partial charge >= 0.3 is 0 Å². The average molecular weight is 373 g/mol. The molecule has 5 nitrogen and oxygen atoms in total. The van der Waals surface area contributed by atoms with E-state index in [1.807, 2.05) is 79.7 Å². The molecule has 28 heavy (non-hydrogen) atoms. The van der Waals surface area contributed by atoms with Crippen molar-refractivity contribution < 1.29 is 18.9 Å². The Labute approximate surface area is 163 Å². The van der Waals surface area contributed by atoms with E-state index in [4.69, 9.17) is 18.9 Å². The summed E-state index contributed by atoms with van der Waals surface area (Å²) in [6, 6.07) is 24.6. The van der Waals surface area contributed by atoms with Gasteiger partial charge in [-0.25, -0.2) is 4.99 Å². The Balaban J connectivity index is 1.57. The largest absolute Gasteiger partial charge is 0.464 e. The van der Waals surface area contributed by atoms with Crippen LogP contribution in [-0.2, 0) is 0 Å². The van der Waals surface area contributed by atoms with Crippen molar-refractivity contribution in [3.05, 3.63) is 90.7 Å². The third-order valence-corrected chi connectivity index (χ3v) is 4.00. The summed E-state index contributed by atoms with van der Waals surface area (Å²) < 4.78 is 22.5. The molecule has 140 valence electrons. The van der Waals surface area contributed by atoms with Gasteiger partial charge in [-0.2, -0.15) is 0 Å². The quantitative estimate of drug-likeness (QED) is 0.336. The molecule has 0 aromatic heterocycles. The van der Waals surface area contributed by atoms with Gasteiger partial charge in [0.25, 0.3) is 0 Å². The Morgan fingerprint density at radius 1 is 0.857 bits per heavy atom. The van der Waals surface area contributed by atoms with Gasteiger partial charge in [0, 0.05) is 11.6 Å². The highest BCUT2D eigenvalue weighted by Gasteiger charge is 2.14. The second-order valence-corrected chi connectivity index (χ2v) is 6.10. The highest BCUT2D eigenvalue weighted by Crippen LogP contribution is 2.35. The second-order valence-electron chi connectivity index (χ2n) is 6.10. The minimum Gasteiger partial charge on any atom is -0.464 e. The maximum absolute atomic E-state index is 6.00. The zero-order chi connectivity index (χ0) is 19.2. The Morgan fingerprint density at radius 3 is 2.36 bits per heavy atom. The van der Waals surface area contributed by atoms with E-state index in [1.54, 1.807) is 12.3 Å². The minimum atomic E-state index is 0.229. The molecule has 1 heterocycles. The summed E-state index contributed by atoms with van der Waals surface area (Å²) in [5.74, 6) is 3.18. The minimum absolute atomic E-state index is 0.229. The van der Waals surface area contributed by atoms with Crippen molar-refractivity contribution in [2.45, 2.75) is 6.92 Å². The number of rotatable bonds is 5. The first-order chi connectivity index (χ1) is 13.8. The summed E-state index contributed by atoms with van der Waals surface area (Å²) in [6.45, 7) is 2.12. The number of para-hydroxylation sites is 2. The predicted molar refractivity (Wildman–Crippen MR) is 108 cm³/mol. The van der Waals surface area contributed by atoms with Crippen LogP contribution < -0.4 is 18.9 Å². The number of hydrogen-bond donors (Lipinski definition) is 0. The van der Waals surface area contributed by atoms with Gasteiger partial charge in [-0.1, -0.05) is 36.4 Å². The Morgan fingerprint density at radius 2 is 1.57 bits per heavy atom. The molecular weight excluding hydrogens is 354 g/mol. The number of aliphatic imine (C=N–C) groups is 1. The van der Waals surface area contributed by atoms with Crippen molar-refractivity contribution >= 4 is 11.6 Å². The van der Waals surface area contributed by atoms with E-state index in [0.717, 1.165) is 11.3 Å². The zero-order valence-corrected chi connectivity index (χ0v) is 15.4. The lowest BCUT2D eigenvalue weighted by atomic mass is 10.3. The first-order valence-electron chi connectivity index (χ1n) is 8.88. The first-order valence-corrected chi connectivity index (χ1v) is 8.88.